The standard InChI is InChI=1S/C21H20N6O4/c1-2-13-10-31-21(25-13)26-14-5-3-12(4-6-14)17(7-18(28)29)27-20(30)16-9-23-19-15(16)8-22-11-24-19/h3-6,8-11,17H,2,7H2,1H3,(H,25,26)(H,27,30)(H,28,29)(H,22,23,24)/t17-/m1/s1. The maximum atomic E-state index is 12.8. The van der Waals surface area contributed by atoms with Crippen LogP contribution in [-0.4, -0.2) is 36.9 Å². The summed E-state index contributed by atoms with van der Waals surface area (Å²) in [4.78, 5) is 39.4. The SMILES string of the molecule is CCc1coc(Nc2ccc([C@@H](CC(=O)O)NC(=O)c3c[nH]c4ncncc34)cc2)n1. The fraction of sp³-hybridized carbons (Fsp3) is 0.190. The number of hydrogen-bond donors (Lipinski definition) is 4. The van der Waals surface area contributed by atoms with E-state index in [4.69, 9.17) is 4.42 Å². The highest BCUT2D eigenvalue weighted by molar-refractivity contribution is 6.05. The molecule has 3 aromatic heterocycles. The predicted octanol–water partition coefficient (Wildman–Crippen LogP) is 3.20. The zero-order valence-corrected chi connectivity index (χ0v) is 16.6. The van der Waals surface area contributed by atoms with E-state index in [2.05, 4.69) is 30.6 Å². The number of aryl methyl sites for hydroxylation is 1. The lowest BCUT2D eigenvalue weighted by atomic mass is 10.0. The Morgan fingerprint density at radius 1 is 1.26 bits per heavy atom. The van der Waals surface area contributed by atoms with Gasteiger partial charge in [-0.3, -0.25) is 9.59 Å². The zero-order valence-electron chi connectivity index (χ0n) is 16.6. The Bertz CT molecular complexity index is 1210. The first-order valence-electron chi connectivity index (χ1n) is 9.64. The average molecular weight is 420 g/mol. The van der Waals surface area contributed by atoms with Crippen LogP contribution in [-0.2, 0) is 11.2 Å². The molecule has 0 saturated carbocycles. The maximum Gasteiger partial charge on any atom is 0.305 e. The molecule has 4 N–H and O–H groups in total. The van der Waals surface area contributed by atoms with E-state index < -0.39 is 17.9 Å². The molecule has 3 heterocycles. The second kappa shape index (κ2) is 8.66. The van der Waals surface area contributed by atoms with Gasteiger partial charge in [-0.25, -0.2) is 9.97 Å². The van der Waals surface area contributed by atoms with Crippen molar-refractivity contribution >= 4 is 34.6 Å². The molecule has 0 spiro atoms. The van der Waals surface area contributed by atoms with Crippen LogP contribution in [0.5, 0.6) is 0 Å². The molecule has 0 aliphatic heterocycles. The van der Waals surface area contributed by atoms with Gasteiger partial charge in [-0.15, -0.1) is 0 Å². The Balaban J connectivity index is 1.51. The van der Waals surface area contributed by atoms with Crippen LogP contribution in [0.15, 0.2) is 53.7 Å². The quantitative estimate of drug-likeness (QED) is 0.340. The minimum atomic E-state index is -1.03. The van der Waals surface area contributed by atoms with Crippen molar-refractivity contribution in [2.45, 2.75) is 25.8 Å². The Morgan fingerprint density at radius 3 is 2.77 bits per heavy atom. The fourth-order valence-corrected chi connectivity index (χ4v) is 3.16. The van der Waals surface area contributed by atoms with E-state index in [0.29, 0.717) is 28.2 Å². The molecule has 10 heteroatoms. The molecule has 1 amide bonds. The molecule has 0 radical (unpaired) electrons. The first-order chi connectivity index (χ1) is 15.0. The second-order valence-electron chi connectivity index (χ2n) is 6.86. The monoisotopic (exact) mass is 420 g/mol. The van der Waals surface area contributed by atoms with E-state index in [9.17, 15) is 14.7 Å². The number of aromatic amines is 1. The average Bonchev–Trinajstić information content (AvgIpc) is 3.40. The van der Waals surface area contributed by atoms with Crippen LogP contribution in [0, 0.1) is 0 Å². The molecule has 0 fully saturated rings. The zero-order chi connectivity index (χ0) is 21.8. The number of benzene rings is 1. The van der Waals surface area contributed by atoms with Gasteiger partial charge in [0.25, 0.3) is 11.9 Å². The number of carboxylic acid groups (broad SMARTS) is 1. The summed E-state index contributed by atoms with van der Waals surface area (Å²) >= 11 is 0. The fourth-order valence-electron chi connectivity index (χ4n) is 3.16. The summed E-state index contributed by atoms with van der Waals surface area (Å²) in [5.74, 6) is -1.44. The Morgan fingerprint density at radius 2 is 2.06 bits per heavy atom. The number of carbonyl (C=O) groups is 2. The predicted molar refractivity (Wildman–Crippen MR) is 112 cm³/mol. The highest BCUT2D eigenvalue weighted by Gasteiger charge is 2.21. The van der Waals surface area contributed by atoms with Crippen LogP contribution in [0.3, 0.4) is 0 Å². The van der Waals surface area contributed by atoms with Crippen molar-refractivity contribution in [3.8, 4) is 0 Å². The molecular weight excluding hydrogens is 400 g/mol. The van der Waals surface area contributed by atoms with Gasteiger partial charge in [-0.1, -0.05) is 19.1 Å². The number of carboxylic acids is 1. The Hall–Kier alpha value is -4.21. The number of hydrogen-bond acceptors (Lipinski definition) is 7. The van der Waals surface area contributed by atoms with Crippen LogP contribution >= 0.6 is 0 Å². The molecule has 0 unspecified atom stereocenters. The van der Waals surface area contributed by atoms with E-state index in [-0.39, 0.29) is 6.42 Å². The number of rotatable bonds is 8. The molecule has 158 valence electrons. The molecular formula is C21H20N6O4. The number of aromatic nitrogens is 4. The van der Waals surface area contributed by atoms with Gasteiger partial charge in [-0.05, 0) is 24.1 Å². The first kappa shape index (κ1) is 20.1. The van der Waals surface area contributed by atoms with Crippen LogP contribution in [0.1, 0.15) is 41.0 Å². The maximum absolute atomic E-state index is 12.8. The first-order valence-corrected chi connectivity index (χ1v) is 9.64. The number of nitrogens with zero attached hydrogens (tertiary/aromatic N) is 3. The minimum Gasteiger partial charge on any atom is -0.481 e. The minimum absolute atomic E-state index is 0.267. The summed E-state index contributed by atoms with van der Waals surface area (Å²) in [6, 6.07) is 6.69. The van der Waals surface area contributed by atoms with Crippen molar-refractivity contribution in [3.63, 3.8) is 0 Å². The van der Waals surface area contributed by atoms with Crippen molar-refractivity contribution in [2.75, 3.05) is 5.32 Å². The van der Waals surface area contributed by atoms with E-state index in [0.717, 1.165) is 17.8 Å². The van der Waals surface area contributed by atoms with Crippen LogP contribution in [0.25, 0.3) is 11.0 Å². The number of anilines is 2. The lowest BCUT2D eigenvalue weighted by Crippen LogP contribution is -2.30. The van der Waals surface area contributed by atoms with Crippen molar-refractivity contribution < 1.29 is 19.1 Å². The summed E-state index contributed by atoms with van der Waals surface area (Å²) in [5.41, 5.74) is 3.09. The van der Waals surface area contributed by atoms with E-state index in [1.165, 1.54) is 18.7 Å². The number of amides is 1. The summed E-state index contributed by atoms with van der Waals surface area (Å²) in [7, 11) is 0. The number of aliphatic carboxylic acids is 1. The molecule has 0 saturated heterocycles. The number of oxazole rings is 1. The van der Waals surface area contributed by atoms with E-state index in [1.807, 2.05) is 6.92 Å². The molecule has 0 aliphatic carbocycles. The molecule has 10 nitrogen and oxygen atoms in total. The van der Waals surface area contributed by atoms with Crippen molar-refractivity contribution in [1.29, 1.82) is 0 Å². The molecule has 1 atom stereocenters. The topological polar surface area (TPSA) is 146 Å². The number of H-pyrrole nitrogens is 1. The molecule has 0 bridgehead atoms. The molecule has 31 heavy (non-hydrogen) atoms. The third kappa shape index (κ3) is 4.53. The number of carbonyl (C=O) groups excluding carboxylic acids is 1. The highest BCUT2D eigenvalue weighted by atomic mass is 16.4. The van der Waals surface area contributed by atoms with Gasteiger partial charge in [0.1, 0.15) is 18.2 Å². The summed E-state index contributed by atoms with van der Waals surface area (Å²) in [6.45, 7) is 1.98. The second-order valence-corrected chi connectivity index (χ2v) is 6.86. The van der Waals surface area contributed by atoms with Gasteiger partial charge in [0.15, 0.2) is 0 Å². The molecule has 1 aromatic carbocycles. The third-order valence-corrected chi connectivity index (χ3v) is 4.76. The lowest BCUT2D eigenvalue weighted by molar-refractivity contribution is -0.137. The van der Waals surface area contributed by atoms with Gasteiger partial charge in [0.2, 0.25) is 0 Å². The lowest BCUT2D eigenvalue weighted by Gasteiger charge is -2.18. The van der Waals surface area contributed by atoms with Gasteiger partial charge < -0.3 is 25.1 Å². The molecule has 4 rings (SSSR count). The Labute approximate surface area is 176 Å². The van der Waals surface area contributed by atoms with Gasteiger partial charge in [-0.2, -0.15) is 4.98 Å². The van der Waals surface area contributed by atoms with Crippen molar-refractivity contribution in [3.05, 3.63) is 66.1 Å². The number of nitrogens with one attached hydrogen (secondary N) is 3. The molecule has 0 aliphatic rings. The van der Waals surface area contributed by atoms with Crippen LogP contribution < -0.4 is 10.6 Å². The molecule has 4 aromatic rings. The van der Waals surface area contributed by atoms with E-state index in [1.54, 1.807) is 30.5 Å². The normalized spacial score (nSPS) is 11.9. The summed E-state index contributed by atoms with van der Waals surface area (Å²) < 4.78 is 5.35. The van der Waals surface area contributed by atoms with Gasteiger partial charge >= 0.3 is 5.97 Å². The summed E-state index contributed by atoms with van der Waals surface area (Å²) in [5, 5.41) is 15.7. The van der Waals surface area contributed by atoms with Crippen LogP contribution in [0.2, 0.25) is 0 Å². The largest absolute Gasteiger partial charge is 0.481 e. The van der Waals surface area contributed by atoms with Crippen LogP contribution in [0.4, 0.5) is 11.7 Å². The van der Waals surface area contributed by atoms with Gasteiger partial charge in [0.05, 0.1) is 23.7 Å². The number of fused-ring (bicyclic) bond motifs is 1. The third-order valence-electron chi connectivity index (χ3n) is 4.76. The van der Waals surface area contributed by atoms with Crippen molar-refractivity contribution in [1.82, 2.24) is 25.3 Å². The smallest absolute Gasteiger partial charge is 0.305 e. The Kier molecular flexibility index (Phi) is 5.61. The van der Waals surface area contributed by atoms with E-state index >= 15 is 0 Å². The van der Waals surface area contributed by atoms with Crippen molar-refractivity contribution in [2.24, 2.45) is 0 Å². The van der Waals surface area contributed by atoms with Gasteiger partial charge in [0, 0.05) is 23.5 Å². The highest BCUT2D eigenvalue weighted by Crippen LogP contribution is 2.23. The summed E-state index contributed by atoms with van der Waals surface area (Å²) in [6.07, 6.45) is 6.53.